The summed E-state index contributed by atoms with van der Waals surface area (Å²) in [7, 11) is 0. The molecule has 0 spiro atoms. The minimum Gasteiger partial charge on any atom is -0.326 e. The molecule has 0 saturated carbocycles. The number of hydrogen-bond acceptors (Lipinski definition) is 3. The molecule has 3 amide bonds. The van der Waals surface area contributed by atoms with Crippen LogP contribution in [0.2, 0.25) is 0 Å². The van der Waals surface area contributed by atoms with E-state index in [-0.39, 0.29) is 30.1 Å². The highest BCUT2D eigenvalue weighted by molar-refractivity contribution is 6.04. The van der Waals surface area contributed by atoms with Gasteiger partial charge in [-0.2, -0.15) is 0 Å². The lowest BCUT2D eigenvalue weighted by molar-refractivity contribution is -0.122. The van der Waals surface area contributed by atoms with Crippen molar-refractivity contribution in [3.8, 4) is 0 Å². The van der Waals surface area contributed by atoms with Gasteiger partial charge in [-0.3, -0.25) is 14.4 Å². The Labute approximate surface area is 176 Å². The van der Waals surface area contributed by atoms with Crippen LogP contribution in [-0.4, -0.2) is 30.8 Å². The Morgan fingerprint density at radius 1 is 1.13 bits per heavy atom. The van der Waals surface area contributed by atoms with Gasteiger partial charge in [-0.05, 0) is 48.2 Å². The fraction of sp³-hybridized carbons (Fsp3) is 0.375. The van der Waals surface area contributed by atoms with Crippen molar-refractivity contribution in [2.45, 2.75) is 39.5 Å². The zero-order valence-corrected chi connectivity index (χ0v) is 17.5. The summed E-state index contributed by atoms with van der Waals surface area (Å²) in [6.07, 6.45) is 2.30. The molecule has 0 bridgehead atoms. The Bertz CT molecular complexity index is 1000. The van der Waals surface area contributed by atoms with Crippen molar-refractivity contribution in [1.82, 2.24) is 0 Å². The van der Waals surface area contributed by atoms with Crippen molar-refractivity contribution in [2.24, 2.45) is 5.92 Å². The van der Waals surface area contributed by atoms with E-state index in [1.807, 2.05) is 54.3 Å². The molecule has 1 saturated heterocycles. The molecule has 0 unspecified atom stereocenters. The monoisotopic (exact) mass is 405 g/mol. The van der Waals surface area contributed by atoms with E-state index in [0.717, 1.165) is 41.0 Å². The van der Waals surface area contributed by atoms with Crippen molar-refractivity contribution >= 4 is 34.8 Å². The number of hydrogen-bond donors (Lipinski definition) is 1. The highest BCUT2D eigenvalue weighted by Crippen LogP contribution is 2.34. The smallest absolute Gasteiger partial charge is 0.229 e. The van der Waals surface area contributed by atoms with E-state index in [0.29, 0.717) is 19.5 Å². The zero-order valence-electron chi connectivity index (χ0n) is 17.5. The predicted octanol–water partition coefficient (Wildman–Crippen LogP) is 3.54. The van der Waals surface area contributed by atoms with Crippen molar-refractivity contribution in [3.05, 3.63) is 53.6 Å². The molecule has 2 aliphatic heterocycles. The normalized spacial score (nSPS) is 17.9. The molecule has 2 aromatic rings. The molecule has 2 aromatic carbocycles. The van der Waals surface area contributed by atoms with E-state index in [1.54, 1.807) is 4.90 Å². The van der Waals surface area contributed by atoms with Crippen LogP contribution in [0.15, 0.2) is 42.5 Å². The molecule has 0 aromatic heterocycles. The van der Waals surface area contributed by atoms with Gasteiger partial charge in [-0.15, -0.1) is 0 Å². The second kappa shape index (κ2) is 8.30. The van der Waals surface area contributed by atoms with Gasteiger partial charge in [0.05, 0.1) is 5.92 Å². The number of carbonyl (C=O) groups excluding carboxylic acids is 3. The Morgan fingerprint density at radius 3 is 2.70 bits per heavy atom. The summed E-state index contributed by atoms with van der Waals surface area (Å²) in [4.78, 5) is 41.1. The standard InChI is InChI=1S/C24H27N3O3/c1-3-16-7-5-6-8-20(16)25-24(30)18-14-23(29)27(15-18)19-9-10-21-17(13-19)11-12-26(21)22(28)4-2/h5-10,13,18H,3-4,11-12,14-15H2,1-2H3,(H,25,30)/t18-/m1/s1. The quantitative estimate of drug-likeness (QED) is 0.827. The van der Waals surface area contributed by atoms with Gasteiger partial charge in [-0.25, -0.2) is 0 Å². The number of nitrogens with zero attached hydrogens (tertiary/aromatic N) is 2. The largest absolute Gasteiger partial charge is 0.326 e. The molecule has 0 aliphatic carbocycles. The van der Waals surface area contributed by atoms with Crippen LogP contribution >= 0.6 is 0 Å². The Balaban J connectivity index is 1.48. The average molecular weight is 405 g/mol. The van der Waals surface area contributed by atoms with Crippen molar-refractivity contribution < 1.29 is 14.4 Å². The van der Waals surface area contributed by atoms with E-state index in [1.165, 1.54) is 0 Å². The number of fused-ring (bicyclic) bond motifs is 1. The third-order valence-corrected chi connectivity index (χ3v) is 6.03. The van der Waals surface area contributed by atoms with Crippen LogP contribution in [0.1, 0.15) is 37.8 Å². The topological polar surface area (TPSA) is 69.7 Å². The Hall–Kier alpha value is -3.15. The average Bonchev–Trinajstić information content (AvgIpc) is 3.36. The first-order valence-electron chi connectivity index (χ1n) is 10.6. The summed E-state index contributed by atoms with van der Waals surface area (Å²) in [5, 5.41) is 3.00. The summed E-state index contributed by atoms with van der Waals surface area (Å²) in [6.45, 7) is 4.97. The predicted molar refractivity (Wildman–Crippen MR) is 118 cm³/mol. The molecule has 156 valence electrons. The van der Waals surface area contributed by atoms with Crippen molar-refractivity contribution in [1.29, 1.82) is 0 Å². The molecular weight excluding hydrogens is 378 g/mol. The lowest BCUT2D eigenvalue weighted by Crippen LogP contribution is -2.28. The molecule has 1 atom stereocenters. The van der Waals surface area contributed by atoms with Gasteiger partial charge in [0.1, 0.15) is 0 Å². The number of aryl methyl sites for hydroxylation is 1. The van der Waals surface area contributed by atoms with Crippen LogP contribution in [-0.2, 0) is 27.2 Å². The number of anilines is 3. The molecular formula is C24H27N3O3. The highest BCUT2D eigenvalue weighted by Gasteiger charge is 2.36. The molecule has 0 radical (unpaired) electrons. The highest BCUT2D eigenvalue weighted by atomic mass is 16.2. The van der Waals surface area contributed by atoms with Crippen molar-refractivity contribution in [2.75, 3.05) is 28.2 Å². The van der Waals surface area contributed by atoms with E-state index < -0.39 is 0 Å². The lowest BCUT2D eigenvalue weighted by atomic mass is 10.1. The summed E-state index contributed by atoms with van der Waals surface area (Å²) < 4.78 is 0. The zero-order chi connectivity index (χ0) is 21.3. The first-order chi connectivity index (χ1) is 14.5. The van der Waals surface area contributed by atoms with Gasteiger partial charge in [-0.1, -0.05) is 32.0 Å². The van der Waals surface area contributed by atoms with Crippen LogP contribution in [0.3, 0.4) is 0 Å². The maximum atomic E-state index is 12.8. The number of para-hydroxylation sites is 1. The molecule has 2 heterocycles. The SMILES string of the molecule is CCC(=O)N1CCc2cc(N3C[C@H](C(=O)Nc4ccccc4CC)CC3=O)ccc21. The molecule has 1 N–H and O–H groups in total. The fourth-order valence-corrected chi connectivity index (χ4v) is 4.32. The minimum atomic E-state index is -0.381. The number of amides is 3. The first-order valence-corrected chi connectivity index (χ1v) is 10.6. The Kier molecular flexibility index (Phi) is 5.57. The van der Waals surface area contributed by atoms with Gasteiger partial charge in [0.15, 0.2) is 0 Å². The van der Waals surface area contributed by atoms with E-state index in [4.69, 9.17) is 0 Å². The molecule has 2 aliphatic rings. The molecule has 1 fully saturated rings. The molecule has 6 nitrogen and oxygen atoms in total. The number of benzene rings is 2. The van der Waals surface area contributed by atoms with Crippen LogP contribution in [0.4, 0.5) is 17.1 Å². The van der Waals surface area contributed by atoms with Gasteiger partial charge in [0.2, 0.25) is 17.7 Å². The minimum absolute atomic E-state index is 0.0432. The molecule has 4 rings (SSSR count). The van der Waals surface area contributed by atoms with E-state index in [2.05, 4.69) is 12.2 Å². The van der Waals surface area contributed by atoms with E-state index >= 15 is 0 Å². The van der Waals surface area contributed by atoms with Crippen LogP contribution in [0.5, 0.6) is 0 Å². The van der Waals surface area contributed by atoms with Gasteiger partial charge < -0.3 is 15.1 Å². The van der Waals surface area contributed by atoms with Gasteiger partial charge in [0, 0.05) is 43.0 Å². The number of rotatable bonds is 5. The summed E-state index contributed by atoms with van der Waals surface area (Å²) in [5.74, 6) is -0.428. The van der Waals surface area contributed by atoms with E-state index in [9.17, 15) is 14.4 Å². The fourth-order valence-electron chi connectivity index (χ4n) is 4.32. The summed E-state index contributed by atoms with van der Waals surface area (Å²) >= 11 is 0. The number of carbonyl (C=O) groups is 3. The maximum Gasteiger partial charge on any atom is 0.229 e. The van der Waals surface area contributed by atoms with Crippen LogP contribution < -0.4 is 15.1 Å². The maximum absolute atomic E-state index is 12.8. The molecule has 30 heavy (non-hydrogen) atoms. The Morgan fingerprint density at radius 2 is 1.93 bits per heavy atom. The summed E-state index contributed by atoms with van der Waals surface area (Å²) in [5.41, 5.74) is 4.70. The third kappa shape index (κ3) is 3.70. The molecule has 6 heteroatoms. The van der Waals surface area contributed by atoms with Crippen molar-refractivity contribution in [3.63, 3.8) is 0 Å². The second-order valence-corrected chi connectivity index (χ2v) is 7.87. The second-order valence-electron chi connectivity index (χ2n) is 7.87. The third-order valence-electron chi connectivity index (χ3n) is 6.03. The summed E-state index contributed by atoms with van der Waals surface area (Å²) in [6, 6.07) is 13.5. The van der Waals surface area contributed by atoms with Gasteiger partial charge in [0.25, 0.3) is 0 Å². The first kappa shape index (κ1) is 20.1. The number of nitrogens with one attached hydrogen (secondary N) is 1. The van der Waals surface area contributed by atoms with Crippen LogP contribution in [0.25, 0.3) is 0 Å². The van der Waals surface area contributed by atoms with Gasteiger partial charge >= 0.3 is 0 Å². The van der Waals surface area contributed by atoms with Crippen LogP contribution in [0, 0.1) is 5.92 Å². The lowest BCUT2D eigenvalue weighted by Gasteiger charge is -2.20.